The van der Waals surface area contributed by atoms with Gasteiger partial charge in [-0.25, -0.2) is 0 Å². The van der Waals surface area contributed by atoms with Crippen LogP contribution >= 0.6 is 23.5 Å². The van der Waals surface area contributed by atoms with E-state index in [4.69, 9.17) is 0 Å². The fourth-order valence-electron chi connectivity index (χ4n) is 2.28. The van der Waals surface area contributed by atoms with E-state index in [1.54, 1.807) is 0 Å². The van der Waals surface area contributed by atoms with E-state index in [0.29, 0.717) is 0 Å². The van der Waals surface area contributed by atoms with Gasteiger partial charge in [0, 0.05) is 10.5 Å². The van der Waals surface area contributed by atoms with Crippen LogP contribution in [-0.2, 0) is 0 Å². The number of allylic oxidation sites excluding steroid dienone is 2. The van der Waals surface area contributed by atoms with Gasteiger partial charge in [0.15, 0.2) is 0 Å². The zero-order chi connectivity index (χ0) is 7.26. The second kappa shape index (κ2) is 2.33. The van der Waals surface area contributed by atoms with Gasteiger partial charge >= 0.3 is 0 Å². The average Bonchev–Trinajstić information content (AvgIpc) is 2.52. The van der Waals surface area contributed by atoms with Gasteiger partial charge in [-0.05, 0) is 29.1 Å². The lowest BCUT2D eigenvalue weighted by atomic mass is 10.1. The van der Waals surface area contributed by atoms with Crippen LogP contribution in [0.2, 0.25) is 0 Å². The molecule has 11 heavy (non-hydrogen) atoms. The molecule has 0 saturated heterocycles. The Labute approximate surface area is 75.5 Å². The van der Waals surface area contributed by atoms with Crippen molar-refractivity contribution < 1.29 is 0 Å². The third-order valence-corrected chi connectivity index (χ3v) is 5.55. The van der Waals surface area contributed by atoms with Crippen LogP contribution in [0.4, 0.5) is 0 Å². The molecule has 0 radical (unpaired) electrons. The van der Waals surface area contributed by atoms with E-state index in [1.807, 2.05) is 23.5 Å². The summed E-state index contributed by atoms with van der Waals surface area (Å²) in [4.78, 5) is 0. The Morgan fingerprint density at radius 2 is 1.45 bits per heavy atom. The van der Waals surface area contributed by atoms with Crippen molar-refractivity contribution in [2.24, 2.45) is 11.8 Å². The average molecular weight is 182 g/mol. The highest BCUT2D eigenvalue weighted by atomic mass is 32.2. The molecule has 1 saturated carbocycles. The molecule has 4 atom stereocenters. The number of fused-ring (bicyclic) bond motifs is 3. The first-order valence-corrected chi connectivity index (χ1v) is 5.98. The Hall–Kier alpha value is 0.180. The summed E-state index contributed by atoms with van der Waals surface area (Å²) in [5.74, 6) is 1.79. The van der Waals surface area contributed by atoms with Crippen LogP contribution in [0.1, 0.15) is 6.42 Å². The van der Waals surface area contributed by atoms with Gasteiger partial charge in [0.25, 0.3) is 0 Å². The van der Waals surface area contributed by atoms with Crippen LogP contribution in [-0.4, -0.2) is 10.5 Å². The highest BCUT2D eigenvalue weighted by Gasteiger charge is 2.44. The highest BCUT2D eigenvalue weighted by Crippen LogP contribution is 2.52. The van der Waals surface area contributed by atoms with Gasteiger partial charge in [-0.2, -0.15) is 0 Å². The minimum absolute atomic E-state index is 0.896. The second-order valence-electron chi connectivity index (χ2n) is 3.42. The maximum absolute atomic E-state index is 2.40. The molecular formula is C9H10S2. The molecular weight excluding hydrogens is 172 g/mol. The van der Waals surface area contributed by atoms with Crippen molar-refractivity contribution in [1.29, 1.82) is 0 Å². The largest absolute Gasteiger partial charge is 0.129 e. The first kappa shape index (κ1) is 6.67. The molecule has 2 heterocycles. The van der Waals surface area contributed by atoms with Crippen LogP contribution in [0.3, 0.4) is 0 Å². The first-order chi connectivity index (χ1) is 5.45. The molecule has 1 aliphatic carbocycles. The summed E-state index contributed by atoms with van der Waals surface area (Å²) in [6.07, 6.45) is 6.21. The maximum atomic E-state index is 2.40. The van der Waals surface area contributed by atoms with Crippen LogP contribution in [0.25, 0.3) is 0 Å². The van der Waals surface area contributed by atoms with Crippen molar-refractivity contribution in [3.05, 3.63) is 23.0 Å². The van der Waals surface area contributed by atoms with Crippen LogP contribution in [0.15, 0.2) is 23.0 Å². The molecule has 0 bridgehead atoms. The topological polar surface area (TPSA) is 0 Å². The molecule has 2 aliphatic heterocycles. The molecule has 0 nitrogen and oxygen atoms in total. The summed E-state index contributed by atoms with van der Waals surface area (Å²) < 4.78 is 0. The standard InChI is InChI=1S/C9H10S2/c1-3-10-8-6(1)5-7-2-4-11-9(7)8/h1-4,6-9H,5H2. The third kappa shape index (κ3) is 0.858. The van der Waals surface area contributed by atoms with E-state index in [-0.39, 0.29) is 0 Å². The van der Waals surface area contributed by atoms with Crippen molar-refractivity contribution >= 4 is 23.5 Å². The van der Waals surface area contributed by atoms with Gasteiger partial charge in [0.05, 0.1) is 0 Å². The summed E-state index contributed by atoms with van der Waals surface area (Å²) in [6.45, 7) is 0. The second-order valence-corrected chi connectivity index (χ2v) is 5.60. The minimum atomic E-state index is 0.896. The molecule has 0 aromatic carbocycles. The summed E-state index contributed by atoms with van der Waals surface area (Å²) in [5.41, 5.74) is 0. The minimum Gasteiger partial charge on any atom is -0.129 e. The summed E-state index contributed by atoms with van der Waals surface area (Å²) in [6, 6.07) is 0. The fourth-order valence-corrected chi connectivity index (χ4v) is 5.13. The number of hydrogen-bond donors (Lipinski definition) is 0. The van der Waals surface area contributed by atoms with Crippen molar-refractivity contribution in [3.63, 3.8) is 0 Å². The number of thioether (sulfide) groups is 2. The number of hydrogen-bond acceptors (Lipinski definition) is 2. The van der Waals surface area contributed by atoms with Gasteiger partial charge in [-0.15, -0.1) is 23.5 Å². The van der Waals surface area contributed by atoms with E-state index < -0.39 is 0 Å². The van der Waals surface area contributed by atoms with Crippen molar-refractivity contribution in [2.45, 2.75) is 16.9 Å². The Morgan fingerprint density at radius 3 is 2.00 bits per heavy atom. The highest BCUT2D eigenvalue weighted by molar-refractivity contribution is 8.06. The van der Waals surface area contributed by atoms with Gasteiger partial charge in [0.1, 0.15) is 0 Å². The quantitative estimate of drug-likeness (QED) is 0.565. The SMILES string of the molecule is C1=CC2CC3C=CSC3C2S1. The number of rotatable bonds is 0. The third-order valence-electron chi connectivity index (χ3n) is 2.84. The maximum Gasteiger partial charge on any atom is 0.0279 e. The first-order valence-electron chi connectivity index (χ1n) is 4.09. The van der Waals surface area contributed by atoms with Crippen LogP contribution in [0.5, 0.6) is 0 Å². The zero-order valence-corrected chi connectivity index (χ0v) is 7.78. The monoisotopic (exact) mass is 182 g/mol. The van der Waals surface area contributed by atoms with Gasteiger partial charge in [-0.1, -0.05) is 12.2 Å². The van der Waals surface area contributed by atoms with E-state index >= 15 is 0 Å². The lowest BCUT2D eigenvalue weighted by Crippen LogP contribution is -2.16. The molecule has 0 amide bonds. The molecule has 4 unspecified atom stereocenters. The van der Waals surface area contributed by atoms with E-state index in [0.717, 1.165) is 22.3 Å². The Morgan fingerprint density at radius 1 is 0.909 bits per heavy atom. The molecule has 3 rings (SSSR count). The van der Waals surface area contributed by atoms with E-state index in [1.165, 1.54) is 6.42 Å². The summed E-state index contributed by atoms with van der Waals surface area (Å²) >= 11 is 4.10. The normalized spacial score (nSPS) is 51.6. The molecule has 58 valence electrons. The fraction of sp³-hybridized carbons (Fsp3) is 0.556. The zero-order valence-electron chi connectivity index (χ0n) is 6.14. The summed E-state index contributed by atoms with van der Waals surface area (Å²) in [7, 11) is 0. The summed E-state index contributed by atoms with van der Waals surface area (Å²) in [5, 5.41) is 6.40. The van der Waals surface area contributed by atoms with Crippen LogP contribution < -0.4 is 0 Å². The molecule has 3 aliphatic rings. The van der Waals surface area contributed by atoms with E-state index in [9.17, 15) is 0 Å². The van der Waals surface area contributed by atoms with Crippen LogP contribution in [0, 0.1) is 11.8 Å². The van der Waals surface area contributed by atoms with Crippen molar-refractivity contribution in [2.75, 3.05) is 0 Å². The van der Waals surface area contributed by atoms with Gasteiger partial charge < -0.3 is 0 Å². The van der Waals surface area contributed by atoms with Crippen molar-refractivity contribution in [3.8, 4) is 0 Å². The molecule has 0 aromatic heterocycles. The molecule has 2 heteroatoms. The Bertz CT molecular complexity index is 208. The lowest BCUT2D eigenvalue weighted by Gasteiger charge is -2.14. The lowest BCUT2D eigenvalue weighted by molar-refractivity contribution is 0.650. The van der Waals surface area contributed by atoms with Crippen molar-refractivity contribution in [1.82, 2.24) is 0 Å². The molecule has 0 spiro atoms. The molecule has 0 N–H and O–H groups in total. The Balaban J connectivity index is 1.91. The smallest absolute Gasteiger partial charge is 0.0279 e. The molecule has 0 aromatic rings. The predicted molar refractivity (Wildman–Crippen MR) is 52.6 cm³/mol. The predicted octanol–water partition coefficient (Wildman–Crippen LogP) is 2.88. The molecule has 1 fully saturated rings. The Kier molecular flexibility index (Phi) is 1.41. The van der Waals surface area contributed by atoms with Gasteiger partial charge in [-0.3, -0.25) is 0 Å². The van der Waals surface area contributed by atoms with E-state index in [2.05, 4.69) is 23.0 Å². The van der Waals surface area contributed by atoms with Gasteiger partial charge in [0.2, 0.25) is 0 Å².